The van der Waals surface area contributed by atoms with Crippen LogP contribution in [0.4, 0.5) is 0 Å². The molecule has 46 valence electrons. The van der Waals surface area contributed by atoms with E-state index in [0.717, 1.165) is 11.8 Å². The molecule has 8 heavy (non-hydrogen) atoms. The topological polar surface area (TPSA) is 0 Å². The van der Waals surface area contributed by atoms with E-state index in [1.165, 1.54) is 18.4 Å². The summed E-state index contributed by atoms with van der Waals surface area (Å²) < 4.78 is 0. The van der Waals surface area contributed by atoms with Crippen LogP contribution in [0.2, 0.25) is 0 Å². The Bertz CT molecular complexity index is 103. The molecule has 0 spiro atoms. The number of hydrogen-bond acceptors (Lipinski definition) is 0. The zero-order valence-corrected chi connectivity index (χ0v) is 5.78. The fourth-order valence-electron chi connectivity index (χ4n) is 1.50. The van der Waals surface area contributed by atoms with Crippen LogP contribution in [0.5, 0.6) is 0 Å². The molecule has 0 unspecified atom stereocenters. The predicted molar refractivity (Wildman–Crippen MR) is 36.7 cm³/mol. The molecule has 1 aliphatic carbocycles. The Labute approximate surface area is 51.6 Å². The van der Waals surface area contributed by atoms with Crippen molar-refractivity contribution in [3.63, 3.8) is 0 Å². The minimum Gasteiger partial charge on any atom is -0.0996 e. The maximum absolute atomic E-state index is 3.99. The summed E-state index contributed by atoms with van der Waals surface area (Å²) in [6, 6.07) is 0. The minimum absolute atomic E-state index is 0.796. The van der Waals surface area contributed by atoms with Crippen molar-refractivity contribution in [2.75, 3.05) is 0 Å². The fourth-order valence-corrected chi connectivity index (χ4v) is 1.50. The van der Waals surface area contributed by atoms with Crippen molar-refractivity contribution in [2.45, 2.75) is 26.7 Å². The summed E-state index contributed by atoms with van der Waals surface area (Å²) in [5, 5.41) is 0. The van der Waals surface area contributed by atoms with Crippen LogP contribution in [0.15, 0.2) is 12.2 Å². The highest BCUT2D eigenvalue weighted by Gasteiger charge is 2.20. The smallest absolute Gasteiger partial charge is 0.0232 e. The van der Waals surface area contributed by atoms with Crippen molar-refractivity contribution in [3.05, 3.63) is 12.2 Å². The predicted octanol–water partition coefficient (Wildman–Crippen LogP) is 2.61. The molecule has 2 atom stereocenters. The monoisotopic (exact) mass is 110 g/mol. The van der Waals surface area contributed by atoms with Crippen LogP contribution in [0, 0.1) is 11.8 Å². The first-order valence-electron chi connectivity index (χ1n) is 3.38. The third-order valence-corrected chi connectivity index (χ3v) is 2.06. The average Bonchev–Trinajstić information content (AvgIpc) is 1.85. The number of rotatable bonds is 0. The molecule has 1 fully saturated rings. The normalized spacial score (nSPS) is 38.5. The summed E-state index contributed by atoms with van der Waals surface area (Å²) in [4.78, 5) is 0. The molecule has 1 saturated carbocycles. The number of hydrogen-bond donors (Lipinski definition) is 0. The maximum atomic E-state index is 3.99. The Kier molecular flexibility index (Phi) is 1.41. The lowest BCUT2D eigenvalue weighted by Gasteiger charge is -1.98. The van der Waals surface area contributed by atoms with Gasteiger partial charge in [0.05, 0.1) is 0 Å². The number of allylic oxidation sites excluding steroid dienone is 1. The van der Waals surface area contributed by atoms with Gasteiger partial charge in [0.1, 0.15) is 0 Å². The Morgan fingerprint density at radius 2 is 2.12 bits per heavy atom. The first-order valence-corrected chi connectivity index (χ1v) is 3.38. The third-order valence-electron chi connectivity index (χ3n) is 2.06. The lowest BCUT2D eigenvalue weighted by molar-refractivity contribution is 0.563. The molecule has 0 nitrogen and oxygen atoms in total. The molecule has 0 amide bonds. The Morgan fingerprint density at radius 1 is 1.50 bits per heavy atom. The third kappa shape index (κ3) is 0.936. The van der Waals surface area contributed by atoms with Gasteiger partial charge in [-0.15, -0.1) is 0 Å². The molecule has 0 heterocycles. The Hall–Kier alpha value is -0.260. The van der Waals surface area contributed by atoms with Crippen LogP contribution < -0.4 is 0 Å². The lowest BCUT2D eigenvalue weighted by Crippen LogP contribution is -1.86. The van der Waals surface area contributed by atoms with Gasteiger partial charge in [-0.1, -0.05) is 26.0 Å². The van der Waals surface area contributed by atoms with Gasteiger partial charge in [0, 0.05) is 0 Å². The van der Waals surface area contributed by atoms with Crippen molar-refractivity contribution in [3.8, 4) is 0 Å². The van der Waals surface area contributed by atoms with Gasteiger partial charge in [0.25, 0.3) is 0 Å². The van der Waals surface area contributed by atoms with Crippen molar-refractivity contribution < 1.29 is 0 Å². The highest BCUT2D eigenvalue weighted by atomic mass is 14.3. The highest BCUT2D eigenvalue weighted by Crippen LogP contribution is 2.33. The molecule has 0 aliphatic heterocycles. The van der Waals surface area contributed by atoms with Gasteiger partial charge in [0.15, 0.2) is 0 Å². The quantitative estimate of drug-likeness (QED) is 0.420. The molecule has 0 heteroatoms. The summed E-state index contributed by atoms with van der Waals surface area (Å²) in [6.07, 6.45) is 2.62. The summed E-state index contributed by atoms with van der Waals surface area (Å²) in [7, 11) is 0. The maximum Gasteiger partial charge on any atom is -0.0232 e. The average molecular weight is 110 g/mol. The van der Waals surface area contributed by atoms with E-state index in [0.29, 0.717) is 0 Å². The lowest BCUT2D eigenvalue weighted by atomic mass is 10.1. The van der Waals surface area contributed by atoms with E-state index in [9.17, 15) is 0 Å². The van der Waals surface area contributed by atoms with Crippen LogP contribution in [0.25, 0.3) is 0 Å². The SMILES string of the molecule is C=C1C[C@@H](C)C[C@H]1C. The van der Waals surface area contributed by atoms with E-state index in [-0.39, 0.29) is 0 Å². The Morgan fingerprint density at radius 3 is 2.25 bits per heavy atom. The van der Waals surface area contributed by atoms with E-state index in [4.69, 9.17) is 0 Å². The summed E-state index contributed by atoms with van der Waals surface area (Å²) >= 11 is 0. The minimum atomic E-state index is 0.796. The van der Waals surface area contributed by atoms with Crippen molar-refractivity contribution in [1.82, 2.24) is 0 Å². The zero-order chi connectivity index (χ0) is 6.15. The van der Waals surface area contributed by atoms with Gasteiger partial charge < -0.3 is 0 Å². The second-order valence-corrected chi connectivity index (χ2v) is 3.10. The van der Waals surface area contributed by atoms with E-state index < -0.39 is 0 Å². The first kappa shape index (κ1) is 5.87. The van der Waals surface area contributed by atoms with Crippen LogP contribution in [0.1, 0.15) is 26.7 Å². The van der Waals surface area contributed by atoms with Crippen LogP contribution in [0.3, 0.4) is 0 Å². The van der Waals surface area contributed by atoms with Crippen LogP contribution >= 0.6 is 0 Å². The van der Waals surface area contributed by atoms with Crippen LogP contribution in [-0.4, -0.2) is 0 Å². The van der Waals surface area contributed by atoms with E-state index in [1.54, 1.807) is 0 Å². The molecular formula is C8H14. The molecule has 0 aromatic heterocycles. The molecule has 0 bridgehead atoms. The molecule has 0 N–H and O–H groups in total. The zero-order valence-electron chi connectivity index (χ0n) is 5.78. The second kappa shape index (κ2) is 1.93. The highest BCUT2D eigenvalue weighted by molar-refractivity contribution is 5.05. The van der Waals surface area contributed by atoms with Crippen molar-refractivity contribution >= 4 is 0 Å². The standard InChI is InChI=1S/C8H14/c1-6-4-7(2)8(3)5-6/h6,8H,2,4-5H2,1,3H3/t6-,8-/m1/s1. The van der Waals surface area contributed by atoms with E-state index in [2.05, 4.69) is 20.4 Å². The molecule has 0 aromatic rings. The van der Waals surface area contributed by atoms with Gasteiger partial charge in [-0.2, -0.15) is 0 Å². The second-order valence-electron chi connectivity index (χ2n) is 3.10. The van der Waals surface area contributed by atoms with E-state index >= 15 is 0 Å². The largest absolute Gasteiger partial charge is 0.0996 e. The molecule has 1 rings (SSSR count). The fraction of sp³-hybridized carbons (Fsp3) is 0.750. The summed E-state index contributed by atoms with van der Waals surface area (Å²) in [5.74, 6) is 1.70. The molecular weight excluding hydrogens is 96.1 g/mol. The summed E-state index contributed by atoms with van der Waals surface area (Å²) in [5.41, 5.74) is 1.46. The van der Waals surface area contributed by atoms with Gasteiger partial charge in [-0.3, -0.25) is 0 Å². The van der Waals surface area contributed by atoms with Gasteiger partial charge in [-0.25, -0.2) is 0 Å². The van der Waals surface area contributed by atoms with Crippen molar-refractivity contribution in [2.24, 2.45) is 11.8 Å². The molecule has 0 radical (unpaired) electrons. The Balaban J connectivity index is 2.51. The van der Waals surface area contributed by atoms with Crippen LogP contribution in [-0.2, 0) is 0 Å². The van der Waals surface area contributed by atoms with Gasteiger partial charge in [0.2, 0.25) is 0 Å². The van der Waals surface area contributed by atoms with Gasteiger partial charge in [-0.05, 0) is 24.7 Å². The first-order chi connectivity index (χ1) is 3.70. The summed E-state index contributed by atoms with van der Waals surface area (Å²) in [6.45, 7) is 8.56. The van der Waals surface area contributed by atoms with Crippen molar-refractivity contribution in [1.29, 1.82) is 0 Å². The molecule has 0 aromatic carbocycles. The van der Waals surface area contributed by atoms with E-state index in [1.807, 2.05) is 0 Å². The molecule has 0 saturated heterocycles. The van der Waals surface area contributed by atoms with Gasteiger partial charge >= 0.3 is 0 Å². The molecule has 1 aliphatic rings.